The maximum Gasteiger partial charge on any atom is 0.415 e. The molecule has 1 N–H and O–H groups in total. The lowest BCUT2D eigenvalue weighted by molar-refractivity contribution is 0.148. The molecular formula is C15H16ClN5O3. The number of nitrogens with zero attached hydrogens (tertiary/aromatic N) is 4. The van der Waals surface area contributed by atoms with Gasteiger partial charge in [0.25, 0.3) is 5.88 Å². The smallest absolute Gasteiger partial charge is 0.415 e. The summed E-state index contributed by atoms with van der Waals surface area (Å²) in [6.07, 6.45) is 1.10. The molecule has 126 valence electrons. The lowest BCUT2D eigenvalue weighted by atomic mass is 10.3. The van der Waals surface area contributed by atoms with Crippen LogP contribution in [0.15, 0.2) is 23.3 Å². The maximum absolute atomic E-state index is 11.7. The molecule has 1 aromatic carbocycles. The van der Waals surface area contributed by atoms with Gasteiger partial charge in [-0.1, -0.05) is 24.9 Å². The topological polar surface area (TPSA) is 88.9 Å². The molecule has 1 amide bonds. The first-order valence-corrected chi connectivity index (χ1v) is 7.86. The molecule has 0 atom stereocenters. The van der Waals surface area contributed by atoms with E-state index in [1.165, 1.54) is 5.01 Å². The molecule has 0 spiro atoms. The molecule has 0 bridgehead atoms. The first-order chi connectivity index (χ1) is 11.6. The van der Waals surface area contributed by atoms with Gasteiger partial charge in [-0.3, -0.25) is 0 Å². The van der Waals surface area contributed by atoms with Crippen LogP contribution in [-0.2, 0) is 4.74 Å². The van der Waals surface area contributed by atoms with E-state index < -0.39 is 6.09 Å². The van der Waals surface area contributed by atoms with Crippen LogP contribution in [0, 0.1) is 0 Å². The molecule has 0 fully saturated rings. The predicted molar refractivity (Wildman–Crippen MR) is 90.4 cm³/mol. The standard InChI is InChI=1S/C15H16ClN5O3/c1-3-4-7-23-15(22)19-14-20-21(2)12-13(24-14)18-11-8-9(16)5-6-10(11)17-12/h5-6,8H,3-4,7H2,1-2H3,(H,19,20,22). The number of nitrogens with one attached hydrogen (secondary N) is 1. The molecule has 0 saturated carbocycles. The number of fused-ring (bicyclic) bond motifs is 2. The number of hydrogen-bond donors (Lipinski definition) is 1. The van der Waals surface area contributed by atoms with Crippen molar-refractivity contribution in [3.63, 3.8) is 0 Å². The van der Waals surface area contributed by atoms with Crippen molar-refractivity contribution in [2.45, 2.75) is 19.8 Å². The minimum absolute atomic E-state index is 0.0258. The molecule has 24 heavy (non-hydrogen) atoms. The Hall–Kier alpha value is -2.61. The number of aromatic nitrogens is 2. The highest BCUT2D eigenvalue weighted by atomic mass is 35.5. The maximum atomic E-state index is 11.7. The van der Waals surface area contributed by atoms with E-state index in [1.807, 2.05) is 6.92 Å². The third-order valence-corrected chi connectivity index (χ3v) is 3.49. The number of carbonyl (C=O) groups is 1. The summed E-state index contributed by atoms with van der Waals surface area (Å²) in [4.78, 5) is 20.5. The number of carbonyl (C=O) groups excluding carboxylic acids is 1. The van der Waals surface area contributed by atoms with Crippen LogP contribution in [-0.4, -0.2) is 35.7 Å². The van der Waals surface area contributed by atoms with Crippen LogP contribution in [0.2, 0.25) is 5.02 Å². The van der Waals surface area contributed by atoms with E-state index in [4.69, 9.17) is 21.1 Å². The molecule has 9 heteroatoms. The summed E-state index contributed by atoms with van der Waals surface area (Å²) in [7, 11) is 1.68. The zero-order chi connectivity index (χ0) is 17.1. The normalized spacial score (nSPS) is 13.1. The van der Waals surface area contributed by atoms with Gasteiger partial charge < -0.3 is 9.47 Å². The third kappa shape index (κ3) is 3.48. The number of ether oxygens (including phenoxy) is 2. The number of alkyl carbamates (subject to hydrolysis) is 1. The third-order valence-electron chi connectivity index (χ3n) is 3.26. The number of amidine groups is 1. The van der Waals surface area contributed by atoms with Gasteiger partial charge in [0.05, 0.1) is 17.6 Å². The minimum atomic E-state index is -0.629. The highest BCUT2D eigenvalue weighted by molar-refractivity contribution is 6.31. The Labute approximate surface area is 143 Å². The summed E-state index contributed by atoms with van der Waals surface area (Å²) < 4.78 is 10.5. The Kier molecular flexibility index (Phi) is 4.66. The zero-order valence-corrected chi connectivity index (χ0v) is 14.0. The van der Waals surface area contributed by atoms with Crippen LogP contribution in [0.5, 0.6) is 5.88 Å². The fourth-order valence-corrected chi connectivity index (χ4v) is 2.23. The molecule has 1 aliphatic heterocycles. The van der Waals surface area contributed by atoms with E-state index in [9.17, 15) is 4.79 Å². The molecular weight excluding hydrogens is 334 g/mol. The van der Waals surface area contributed by atoms with Gasteiger partial charge in [0.15, 0.2) is 0 Å². The van der Waals surface area contributed by atoms with Gasteiger partial charge in [-0.05, 0) is 24.6 Å². The van der Waals surface area contributed by atoms with Crippen LogP contribution >= 0.6 is 11.6 Å². The number of rotatable bonds is 3. The van der Waals surface area contributed by atoms with Crippen molar-refractivity contribution in [1.29, 1.82) is 0 Å². The molecule has 8 nitrogen and oxygen atoms in total. The highest BCUT2D eigenvalue weighted by Gasteiger charge is 2.24. The number of hydrazone groups is 1. The van der Waals surface area contributed by atoms with Crippen molar-refractivity contribution in [1.82, 2.24) is 15.3 Å². The zero-order valence-electron chi connectivity index (χ0n) is 13.2. The molecule has 0 saturated heterocycles. The fraction of sp³-hybridized carbons (Fsp3) is 0.333. The van der Waals surface area contributed by atoms with Crippen LogP contribution in [0.3, 0.4) is 0 Å². The number of benzene rings is 1. The monoisotopic (exact) mass is 349 g/mol. The van der Waals surface area contributed by atoms with Crippen LogP contribution in [0.25, 0.3) is 11.0 Å². The Bertz CT molecular complexity index is 811. The van der Waals surface area contributed by atoms with E-state index in [0.717, 1.165) is 12.8 Å². The fourth-order valence-electron chi connectivity index (χ4n) is 2.06. The van der Waals surface area contributed by atoms with E-state index in [-0.39, 0.29) is 11.9 Å². The Morgan fingerprint density at radius 3 is 3.00 bits per heavy atom. The summed E-state index contributed by atoms with van der Waals surface area (Å²) >= 11 is 5.97. The van der Waals surface area contributed by atoms with Crippen molar-refractivity contribution < 1.29 is 14.3 Å². The summed E-state index contributed by atoms with van der Waals surface area (Å²) in [6.45, 7) is 2.35. The van der Waals surface area contributed by atoms with Gasteiger partial charge in [-0.15, -0.1) is 5.10 Å². The number of halogens is 1. The average Bonchev–Trinajstić information content (AvgIpc) is 2.53. The lowest BCUT2D eigenvalue weighted by Gasteiger charge is -2.22. The van der Waals surface area contributed by atoms with E-state index in [2.05, 4.69) is 20.4 Å². The Morgan fingerprint density at radius 2 is 2.21 bits per heavy atom. The molecule has 0 unspecified atom stereocenters. The number of unbranched alkanes of at least 4 members (excludes halogenated alkanes) is 1. The van der Waals surface area contributed by atoms with Crippen LogP contribution < -0.4 is 15.1 Å². The van der Waals surface area contributed by atoms with Crippen molar-refractivity contribution in [2.24, 2.45) is 5.10 Å². The summed E-state index contributed by atoms with van der Waals surface area (Å²) in [5, 5.41) is 8.57. The van der Waals surface area contributed by atoms with Gasteiger partial charge >= 0.3 is 12.1 Å². The largest absolute Gasteiger partial charge is 0.449 e. The molecule has 2 heterocycles. The first-order valence-electron chi connectivity index (χ1n) is 7.48. The van der Waals surface area contributed by atoms with Crippen molar-refractivity contribution in [2.75, 3.05) is 18.7 Å². The number of anilines is 1. The molecule has 1 aliphatic rings. The van der Waals surface area contributed by atoms with E-state index in [0.29, 0.717) is 28.5 Å². The van der Waals surface area contributed by atoms with Crippen molar-refractivity contribution in [3.8, 4) is 5.88 Å². The second-order valence-corrected chi connectivity index (χ2v) is 5.57. The molecule has 1 aromatic heterocycles. The van der Waals surface area contributed by atoms with Gasteiger partial charge in [0.1, 0.15) is 0 Å². The second kappa shape index (κ2) is 6.88. The van der Waals surface area contributed by atoms with Crippen molar-refractivity contribution in [3.05, 3.63) is 23.2 Å². The number of hydrogen-bond acceptors (Lipinski definition) is 7. The van der Waals surface area contributed by atoms with Crippen LogP contribution in [0.4, 0.5) is 10.6 Å². The first kappa shape index (κ1) is 16.3. The summed E-state index contributed by atoms with van der Waals surface area (Å²) in [5.74, 6) is 0.667. The van der Waals surface area contributed by atoms with Gasteiger partial charge in [0.2, 0.25) is 5.82 Å². The average molecular weight is 350 g/mol. The SMILES string of the molecule is CCCCOC(=O)NC1=NN(C)c2nc3ccc(Cl)cc3nc2O1. The van der Waals surface area contributed by atoms with E-state index >= 15 is 0 Å². The van der Waals surface area contributed by atoms with Crippen molar-refractivity contribution >= 4 is 40.6 Å². The summed E-state index contributed by atoms with van der Waals surface area (Å²) in [6, 6.07) is 5.16. The van der Waals surface area contributed by atoms with Gasteiger partial charge in [-0.2, -0.15) is 0 Å². The lowest BCUT2D eigenvalue weighted by Crippen LogP contribution is -2.39. The molecule has 0 aliphatic carbocycles. The van der Waals surface area contributed by atoms with Gasteiger partial charge in [-0.25, -0.2) is 25.1 Å². The minimum Gasteiger partial charge on any atom is -0.449 e. The Morgan fingerprint density at radius 1 is 1.38 bits per heavy atom. The number of amides is 1. The summed E-state index contributed by atoms with van der Waals surface area (Å²) in [5.41, 5.74) is 1.25. The van der Waals surface area contributed by atoms with Crippen LogP contribution in [0.1, 0.15) is 19.8 Å². The highest BCUT2D eigenvalue weighted by Crippen LogP contribution is 2.30. The second-order valence-electron chi connectivity index (χ2n) is 5.13. The Balaban J connectivity index is 1.79. The predicted octanol–water partition coefficient (Wildman–Crippen LogP) is 2.91. The van der Waals surface area contributed by atoms with Gasteiger partial charge in [0, 0.05) is 12.1 Å². The quantitative estimate of drug-likeness (QED) is 0.857. The molecule has 0 radical (unpaired) electrons. The molecule has 2 aromatic rings. The van der Waals surface area contributed by atoms with E-state index in [1.54, 1.807) is 25.2 Å². The molecule has 3 rings (SSSR count).